The van der Waals surface area contributed by atoms with Crippen LogP contribution in [0.2, 0.25) is 0 Å². The Kier molecular flexibility index (Phi) is 5.92. The largest absolute Gasteiger partial charge is 0.455 e. The van der Waals surface area contributed by atoms with Gasteiger partial charge in [-0.2, -0.15) is 0 Å². The lowest BCUT2D eigenvalue weighted by atomic mass is 9.94. The number of benzene rings is 8. The van der Waals surface area contributed by atoms with Gasteiger partial charge in [0.15, 0.2) is 17.5 Å². The minimum absolute atomic E-state index is 0.609. The standard InChI is InChI=1S/C47H27N3O/c1-3-13-28(14-4-1)31-25-26-35(33-20-8-7-19-32(31)33)46-48-45(30-15-5-2-6-16-30)49-47(50-46)39-27-38-34-22-11-17-29-18-12-23-37(41(29)34)43(38)44-42(39)36-21-9-10-24-40(36)51-44/h1-27H. The predicted molar refractivity (Wildman–Crippen MR) is 208 cm³/mol. The number of furan rings is 1. The number of hydrogen-bond donors (Lipinski definition) is 0. The number of fused-ring (bicyclic) bond motifs is 8. The highest BCUT2D eigenvalue weighted by atomic mass is 16.3. The zero-order chi connectivity index (χ0) is 33.5. The van der Waals surface area contributed by atoms with Crippen LogP contribution in [-0.2, 0) is 0 Å². The van der Waals surface area contributed by atoms with Crippen molar-refractivity contribution < 1.29 is 4.42 Å². The first-order valence-corrected chi connectivity index (χ1v) is 17.2. The van der Waals surface area contributed by atoms with Crippen LogP contribution in [0.25, 0.3) is 111 Å². The van der Waals surface area contributed by atoms with E-state index >= 15 is 0 Å². The normalized spacial score (nSPS) is 11.9. The van der Waals surface area contributed by atoms with Crippen LogP contribution in [0.1, 0.15) is 0 Å². The van der Waals surface area contributed by atoms with Gasteiger partial charge in [0, 0.05) is 33.0 Å². The highest BCUT2D eigenvalue weighted by molar-refractivity contribution is 6.26. The van der Waals surface area contributed by atoms with Crippen molar-refractivity contribution in [2.24, 2.45) is 0 Å². The second-order valence-electron chi connectivity index (χ2n) is 13.1. The molecule has 0 N–H and O–H groups in total. The van der Waals surface area contributed by atoms with Gasteiger partial charge in [-0.15, -0.1) is 0 Å². The molecule has 0 fully saturated rings. The molecule has 11 rings (SSSR count). The third-order valence-corrected chi connectivity index (χ3v) is 10.3. The van der Waals surface area contributed by atoms with Crippen LogP contribution >= 0.6 is 0 Å². The molecule has 0 radical (unpaired) electrons. The maximum absolute atomic E-state index is 6.79. The van der Waals surface area contributed by atoms with Gasteiger partial charge in [0.25, 0.3) is 0 Å². The second kappa shape index (κ2) is 10.8. The summed E-state index contributed by atoms with van der Waals surface area (Å²) < 4.78 is 6.79. The van der Waals surface area contributed by atoms with E-state index in [1.165, 1.54) is 33.0 Å². The lowest BCUT2D eigenvalue weighted by Gasteiger charge is -2.14. The molecule has 0 unspecified atom stereocenters. The molecule has 0 atom stereocenters. The molecule has 0 saturated heterocycles. The van der Waals surface area contributed by atoms with Crippen LogP contribution in [0.3, 0.4) is 0 Å². The van der Waals surface area contributed by atoms with Crippen molar-refractivity contribution in [2.75, 3.05) is 0 Å². The first kappa shape index (κ1) is 28.0. The molecule has 0 aliphatic heterocycles. The summed E-state index contributed by atoms with van der Waals surface area (Å²) in [7, 11) is 0. The molecule has 1 aliphatic carbocycles. The summed E-state index contributed by atoms with van der Waals surface area (Å²) in [6.07, 6.45) is 0. The first-order chi connectivity index (χ1) is 25.3. The maximum atomic E-state index is 6.79. The van der Waals surface area contributed by atoms with Crippen molar-refractivity contribution in [1.82, 2.24) is 15.0 Å². The third kappa shape index (κ3) is 4.17. The maximum Gasteiger partial charge on any atom is 0.164 e. The molecule has 4 nitrogen and oxygen atoms in total. The van der Waals surface area contributed by atoms with Crippen molar-refractivity contribution in [3.63, 3.8) is 0 Å². The first-order valence-electron chi connectivity index (χ1n) is 17.2. The van der Waals surface area contributed by atoms with Crippen molar-refractivity contribution in [3.05, 3.63) is 164 Å². The van der Waals surface area contributed by atoms with Gasteiger partial charge >= 0.3 is 0 Å². The van der Waals surface area contributed by atoms with Crippen molar-refractivity contribution in [1.29, 1.82) is 0 Å². The van der Waals surface area contributed by atoms with Crippen molar-refractivity contribution in [3.8, 4) is 67.5 Å². The molecule has 8 aromatic carbocycles. The Morgan fingerprint density at radius 3 is 1.71 bits per heavy atom. The van der Waals surface area contributed by atoms with Crippen LogP contribution in [-0.4, -0.2) is 15.0 Å². The molecule has 2 aromatic heterocycles. The Bertz CT molecular complexity index is 3010. The number of aromatic nitrogens is 3. The lowest BCUT2D eigenvalue weighted by molar-refractivity contribution is 0.670. The monoisotopic (exact) mass is 649 g/mol. The summed E-state index contributed by atoms with van der Waals surface area (Å²) in [6.45, 7) is 0. The highest BCUT2D eigenvalue weighted by Gasteiger charge is 2.29. The molecular weight excluding hydrogens is 623 g/mol. The van der Waals surface area contributed by atoms with Gasteiger partial charge in [0.2, 0.25) is 0 Å². The third-order valence-electron chi connectivity index (χ3n) is 10.3. The van der Waals surface area contributed by atoms with E-state index < -0.39 is 0 Å². The van der Waals surface area contributed by atoms with Crippen LogP contribution in [0.15, 0.2) is 168 Å². The Labute approximate surface area is 293 Å². The molecule has 0 saturated carbocycles. The molecular formula is C47H27N3O. The summed E-state index contributed by atoms with van der Waals surface area (Å²) in [5.41, 5.74) is 11.5. The summed E-state index contributed by atoms with van der Waals surface area (Å²) >= 11 is 0. The van der Waals surface area contributed by atoms with E-state index in [-0.39, 0.29) is 0 Å². The van der Waals surface area contributed by atoms with Crippen molar-refractivity contribution in [2.45, 2.75) is 0 Å². The smallest absolute Gasteiger partial charge is 0.164 e. The quantitative estimate of drug-likeness (QED) is 0.190. The predicted octanol–water partition coefficient (Wildman–Crippen LogP) is 12.4. The minimum Gasteiger partial charge on any atom is -0.455 e. The fourth-order valence-corrected chi connectivity index (χ4v) is 8.03. The molecule has 2 heterocycles. The SMILES string of the molecule is c1ccc(-c2nc(-c3ccc(-c4ccccc4)c4ccccc34)nc(-c3cc4c(c5oc6ccccc6c35)-c3cccc5cccc-4c35)n2)cc1. The van der Waals surface area contributed by atoms with Crippen LogP contribution < -0.4 is 0 Å². The van der Waals surface area contributed by atoms with Gasteiger partial charge in [0.05, 0.1) is 0 Å². The van der Waals surface area contributed by atoms with E-state index in [2.05, 4.69) is 133 Å². The molecule has 0 bridgehead atoms. The second-order valence-corrected chi connectivity index (χ2v) is 13.1. The van der Waals surface area contributed by atoms with E-state index in [1.807, 2.05) is 30.3 Å². The molecule has 0 spiro atoms. The minimum atomic E-state index is 0.609. The van der Waals surface area contributed by atoms with Crippen molar-refractivity contribution >= 4 is 43.5 Å². The van der Waals surface area contributed by atoms with E-state index in [0.717, 1.165) is 60.5 Å². The number of rotatable bonds is 4. The van der Waals surface area contributed by atoms with Gasteiger partial charge in [0.1, 0.15) is 11.2 Å². The molecule has 0 amide bonds. The van der Waals surface area contributed by atoms with Crippen LogP contribution in [0, 0.1) is 0 Å². The Balaban J connectivity index is 1.23. The molecule has 236 valence electrons. The summed E-state index contributed by atoms with van der Waals surface area (Å²) in [6, 6.07) is 57.2. The van der Waals surface area contributed by atoms with Gasteiger partial charge < -0.3 is 4.42 Å². The summed E-state index contributed by atoms with van der Waals surface area (Å²) in [4.78, 5) is 15.8. The Morgan fingerprint density at radius 2 is 0.941 bits per heavy atom. The topological polar surface area (TPSA) is 51.8 Å². The van der Waals surface area contributed by atoms with Gasteiger partial charge in [-0.05, 0) is 67.6 Å². The Morgan fingerprint density at radius 1 is 0.353 bits per heavy atom. The van der Waals surface area contributed by atoms with Crippen LogP contribution in [0.5, 0.6) is 0 Å². The average Bonchev–Trinajstić information content (AvgIpc) is 3.75. The fourth-order valence-electron chi connectivity index (χ4n) is 8.03. The highest BCUT2D eigenvalue weighted by Crippen LogP contribution is 2.53. The van der Waals surface area contributed by atoms with Crippen LogP contribution in [0.4, 0.5) is 0 Å². The van der Waals surface area contributed by atoms with E-state index in [0.29, 0.717) is 17.5 Å². The molecule has 51 heavy (non-hydrogen) atoms. The van der Waals surface area contributed by atoms with Gasteiger partial charge in [-0.3, -0.25) is 0 Å². The summed E-state index contributed by atoms with van der Waals surface area (Å²) in [5, 5.41) is 6.75. The number of hydrogen-bond acceptors (Lipinski definition) is 4. The molecule has 4 heteroatoms. The number of nitrogens with zero attached hydrogens (tertiary/aromatic N) is 3. The zero-order valence-electron chi connectivity index (χ0n) is 27.3. The van der Waals surface area contributed by atoms with E-state index in [1.54, 1.807) is 0 Å². The Hall–Kier alpha value is -6.91. The number of para-hydroxylation sites is 1. The van der Waals surface area contributed by atoms with Gasteiger partial charge in [-0.1, -0.05) is 146 Å². The van der Waals surface area contributed by atoms with Gasteiger partial charge in [-0.25, -0.2) is 15.0 Å². The lowest BCUT2D eigenvalue weighted by Crippen LogP contribution is -2.01. The fraction of sp³-hybridized carbons (Fsp3) is 0. The van der Waals surface area contributed by atoms with E-state index in [4.69, 9.17) is 19.4 Å². The van der Waals surface area contributed by atoms with E-state index in [9.17, 15) is 0 Å². The zero-order valence-corrected chi connectivity index (χ0v) is 27.3. The summed E-state index contributed by atoms with van der Waals surface area (Å²) in [5.74, 6) is 1.86. The molecule has 1 aliphatic rings. The average molecular weight is 650 g/mol. The molecule has 10 aromatic rings.